The highest BCUT2D eigenvalue weighted by Crippen LogP contribution is 2.25. The van der Waals surface area contributed by atoms with Gasteiger partial charge in [0.05, 0.1) is 5.60 Å². The molecule has 2 N–H and O–H groups in total. The minimum atomic E-state index is -0.851. The zero-order valence-corrected chi connectivity index (χ0v) is 18.6. The smallest absolute Gasteiger partial charge is 0.119 e. The van der Waals surface area contributed by atoms with Gasteiger partial charge in [-0.05, 0) is 88.0 Å². The number of likely N-dealkylation sites (tertiary alicyclic amines) is 1. The molecule has 0 bridgehead atoms. The van der Waals surface area contributed by atoms with Crippen molar-refractivity contribution in [3.8, 4) is 11.5 Å². The number of aliphatic hydroxyl groups is 2. The van der Waals surface area contributed by atoms with Crippen LogP contribution in [0.25, 0.3) is 0 Å². The van der Waals surface area contributed by atoms with E-state index in [0.29, 0.717) is 13.2 Å². The molecular weight excluding hydrogens is 378 g/mol. The minimum absolute atomic E-state index is 0.256. The highest BCUT2D eigenvalue weighted by molar-refractivity contribution is 5.34. The molecule has 5 heteroatoms. The summed E-state index contributed by atoms with van der Waals surface area (Å²) in [4.78, 5) is 2.28. The van der Waals surface area contributed by atoms with Crippen LogP contribution in [0.4, 0.5) is 0 Å². The van der Waals surface area contributed by atoms with E-state index in [9.17, 15) is 10.2 Å². The molecule has 1 atom stereocenters. The van der Waals surface area contributed by atoms with Crippen molar-refractivity contribution >= 4 is 0 Å². The van der Waals surface area contributed by atoms with E-state index in [1.165, 1.54) is 16.7 Å². The normalized spacial score (nSPS) is 20.2. The fourth-order valence-corrected chi connectivity index (χ4v) is 3.69. The Morgan fingerprint density at radius 1 is 1.00 bits per heavy atom. The molecule has 0 saturated carbocycles. The quantitative estimate of drug-likeness (QED) is 0.688. The maximum absolute atomic E-state index is 11.1. The van der Waals surface area contributed by atoms with Crippen LogP contribution in [0, 0.1) is 13.8 Å². The number of piperidine rings is 1. The molecule has 1 unspecified atom stereocenters. The predicted octanol–water partition coefficient (Wildman–Crippen LogP) is 3.86. The molecule has 1 heterocycles. The summed E-state index contributed by atoms with van der Waals surface area (Å²) in [5.74, 6) is 1.56. The summed E-state index contributed by atoms with van der Waals surface area (Å²) in [5, 5.41) is 20.9. The highest BCUT2D eigenvalue weighted by Gasteiger charge is 2.34. The fourth-order valence-electron chi connectivity index (χ4n) is 3.69. The molecule has 0 amide bonds. The van der Waals surface area contributed by atoms with Gasteiger partial charge in [-0.15, -0.1) is 0 Å². The van der Waals surface area contributed by atoms with Crippen molar-refractivity contribution in [1.82, 2.24) is 4.90 Å². The van der Waals surface area contributed by atoms with Gasteiger partial charge in [0.25, 0.3) is 0 Å². The first-order valence-corrected chi connectivity index (χ1v) is 10.7. The van der Waals surface area contributed by atoms with Gasteiger partial charge in [-0.25, -0.2) is 0 Å². The Bertz CT molecular complexity index is 828. The standard InChI is InChI=1S/C25H35NO4/c1-19-6-9-23(14-20(19)2)30-18-25(28)12-5-13-26(16-25)15-21-7-10-22(11-8-21)29-17-24(3,4)27/h6-11,14,27-28H,5,12-13,15-18H2,1-4H3. The molecule has 30 heavy (non-hydrogen) atoms. The second-order valence-electron chi connectivity index (χ2n) is 9.32. The van der Waals surface area contributed by atoms with E-state index in [1.807, 2.05) is 36.4 Å². The van der Waals surface area contributed by atoms with Crippen LogP contribution in [0.2, 0.25) is 0 Å². The van der Waals surface area contributed by atoms with Crippen LogP contribution in [0.15, 0.2) is 42.5 Å². The van der Waals surface area contributed by atoms with Gasteiger partial charge in [0.15, 0.2) is 0 Å². The Labute approximate surface area is 180 Å². The first-order valence-electron chi connectivity index (χ1n) is 10.7. The van der Waals surface area contributed by atoms with Gasteiger partial charge in [0.2, 0.25) is 0 Å². The summed E-state index contributed by atoms with van der Waals surface area (Å²) in [6, 6.07) is 14.0. The van der Waals surface area contributed by atoms with Crippen molar-refractivity contribution in [2.45, 2.75) is 58.3 Å². The lowest BCUT2D eigenvalue weighted by Gasteiger charge is -2.39. The van der Waals surface area contributed by atoms with Crippen LogP contribution in [0.3, 0.4) is 0 Å². The molecule has 164 valence electrons. The zero-order chi connectivity index (χ0) is 21.8. The van der Waals surface area contributed by atoms with Gasteiger partial charge in [0.1, 0.15) is 30.3 Å². The zero-order valence-electron chi connectivity index (χ0n) is 18.6. The van der Waals surface area contributed by atoms with E-state index in [-0.39, 0.29) is 6.61 Å². The maximum Gasteiger partial charge on any atom is 0.119 e. The number of β-amino-alcohol motifs (C(OH)–C–C–N with tert-alkyl or cyclic N) is 1. The second kappa shape index (κ2) is 9.38. The van der Waals surface area contributed by atoms with E-state index < -0.39 is 11.2 Å². The average Bonchev–Trinajstić information content (AvgIpc) is 2.68. The number of hydrogen-bond donors (Lipinski definition) is 2. The Morgan fingerprint density at radius 3 is 2.37 bits per heavy atom. The SMILES string of the molecule is Cc1ccc(OCC2(O)CCCN(Cc3ccc(OCC(C)(C)O)cc3)C2)cc1C. The summed E-state index contributed by atoms with van der Waals surface area (Å²) >= 11 is 0. The molecule has 0 aromatic heterocycles. The van der Waals surface area contributed by atoms with Crippen molar-refractivity contribution in [2.24, 2.45) is 0 Å². The molecule has 3 rings (SSSR count). The van der Waals surface area contributed by atoms with Gasteiger partial charge in [0, 0.05) is 13.1 Å². The van der Waals surface area contributed by atoms with E-state index in [0.717, 1.165) is 37.4 Å². The summed E-state index contributed by atoms with van der Waals surface area (Å²) < 4.78 is 11.6. The van der Waals surface area contributed by atoms with E-state index in [2.05, 4.69) is 24.8 Å². The molecule has 1 fully saturated rings. The third-order valence-corrected chi connectivity index (χ3v) is 5.54. The Morgan fingerprint density at radius 2 is 1.70 bits per heavy atom. The van der Waals surface area contributed by atoms with Gasteiger partial charge < -0.3 is 19.7 Å². The molecule has 1 aliphatic heterocycles. The first kappa shape index (κ1) is 22.6. The van der Waals surface area contributed by atoms with Crippen LogP contribution >= 0.6 is 0 Å². The topological polar surface area (TPSA) is 62.2 Å². The number of ether oxygens (including phenoxy) is 2. The largest absolute Gasteiger partial charge is 0.491 e. The maximum atomic E-state index is 11.1. The van der Waals surface area contributed by atoms with Crippen LogP contribution in [-0.2, 0) is 6.54 Å². The van der Waals surface area contributed by atoms with Crippen molar-refractivity contribution in [1.29, 1.82) is 0 Å². The first-order chi connectivity index (χ1) is 14.1. The Kier molecular flexibility index (Phi) is 7.06. The lowest BCUT2D eigenvalue weighted by Crippen LogP contribution is -2.51. The van der Waals surface area contributed by atoms with Crippen molar-refractivity contribution in [2.75, 3.05) is 26.3 Å². The van der Waals surface area contributed by atoms with Crippen molar-refractivity contribution in [3.63, 3.8) is 0 Å². The molecule has 0 radical (unpaired) electrons. The molecule has 2 aromatic carbocycles. The third kappa shape index (κ3) is 6.73. The van der Waals surface area contributed by atoms with E-state index in [1.54, 1.807) is 13.8 Å². The molecule has 0 aliphatic carbocycles. The molecule has 2 aromatic rings. The van der Waals surface area contributed by atoms with Gasteiger partial charge in [-0.1, -0.05) is 18.2 Å². The summed E-state index contributed by atoms with van der Waals surface area (Å²) in [6.45, 7) is 10.5. The minimum Gasteiger partial charge on any atom is -0.491 e. The molecular formula is C25H35NO4. The summed E-state index contributed by atoms with van der Waals surface area (Å²) in [6.07, 6.45) is 1.69. The highest BCUT2D eigenvalue weighted by atomic mass is 16.5. The summed E-state index contributed by atoms with van der Waals surface area (Å²) in [7, 11) is 0. The Hall–Kier alpha value is -2.08. The third-order valence-electron chi connectivity index (χ3n) is 5.54. The number of rotatable bonds is 8. The number of aryl methyl sites for hydroxylation is 2. The fraction of sp³-hybridized carbons (Fsp3) is 0.520. The molecule has 1 saturated heterocycles. The molecule has 5 nitrogen and oxygen atoms in total. The molecule has 1 aliphatic rings. The van der Waals surface area contributed by atoms with Crippen molar-refractivity contribution in [3.05, 3.63) is 59.2 Å². The second-order valence-corrected chi connectivity index (χ2v) is 9.32. The molecule has 0 spiro atoms. The number of hydrogen-bond acceptors (Lipinski definition) is 5. The van der Waals surface area contributed by atoms with Crippen molar-refractivity contribution < 1.29 is 19.7 Å². The van der Waals surface area contributed by atoms with Crippen LogP contribution < -0.4 is 9.47 Å². The van der Waals surface area contributed by atoms with E-state index in [4.69, 9.17) is 9.47 Å². The summed E-state index contributed by atoms with van der Waals surface area (Å²) in [5.41, 5.74) is 1.91. The lowest BCUT2D eigenvalue weighted by atomic mass is 9.93. The monoisotopic (exact) mass is 413 g/mol. The number of nitrogens with zero attached hydrogens (tertiary/aromatic N) is 1. The average molecular weight is 414 g/mol. The van der Waals surface area contributed by atoms with Crippen LogP contribution in [0.5, 0.6) is 11.5 Å². The Balaban J connectivity index is 1.53. The van der Waals surface area contributed by atoms with Crippen LogP contribution in [-0.4, -0.2) is 52.6 Å². The number of benzene rings is 2. The van der Waals surface area contributed by atoms with Gasteiger partial charge in [-0.3, -0.25) is 4.90 Å². The van der Waals surface area contributed by atoms with Gasteiger partial charge >= 0.3 is 0 Å². The predicted molar refractivity (Wildman–Crippen MR) is 119 cm³/mol. The lowest BCUT2D eigenvalue weighted by molar-refractivity contribution is -0.0621. The van der Waals surface area contributed by atoms with E-state index >= 15 is 0 Å². The van der Waals surface area contributed by atoms with Gasteiger partial charge in [-0.2, -0.15) is 0 Å². The van der Waals surface area contributed by atoms with Crippen LogP contribution in [0.1, 0.15) is 43.4 Å².